The minimum absolute atomic E-state index is 0.101. The summed E-state index contributed by atoms with van der Waals surface area (Å²) in [6.07, 6.45) is -0.513. The Morgan fingerprint density at radius 3 is 2.38 bits per heavy atom. The number of piperidine rings is 1. The molecule has 1 unspecified atom stereocenters. The van der Waals surface area contributed by atoms with E-state index in [0.717, 1.165) is 0 Å². The molecule has 1 N–H and O–H groups in total. The Morgan fingerprint density at radius 1 is 1.06 bits per heavy atom. The van der Waals surface area contributed by atoms with E-state index in [1.165, 1.54) is 47.6 Å². The minimum Gasteiger partial charge on any atom is -0.486 e. The summed E-state index contributed by atoms with van der Waals surface area (Å²) in [5.41, 5.74) is 0.381. The Kier molecular flexibility index (Phi) is 7.03. The zero-order chi connectivity index (χ0) is 24.3. The number of rotatable bonds is 6. The molecular formula is C23H25FN2O7S. The van der Waals surface area contributed by atoms with Crippen LogP contribution in [0.5, 0.6) is 11.5 Å². The van der Waals surface area contributed by atoms with Crippen LogP contribution >= 0.6 is 0 Å². The highest BCUT2D eigenvalue weighted by atomic mass is 32.2. The van der Waals surface area contributed by atoms with Crippen LogP contribution in [0.15, 0.2) is 47.4 Å². The zero-order valence-electron chi connectivity index (χ0n) is 18.5. The molecular weight excluding hydrogens is 467 g/mol. The Morgan fingerprint density at radius 2 is 1.71 bits per heavy atom. The van der Waals surface area contributed by atoms with Crippen molar-refractivity contribution < 1.29 is 36.6 Å². The van der Waals surface area contributed by atoms with E-state index in [0.29, 0.717) is 30.4 Å². The van der Waals surface area contributed by atoms with E-state index < -0.39 is 39.7 Å². The first-order chi connectivity index (χ1) is 16.2. The molecule has 2 heterocycles. The van der Waals surface area contributed by atoms with E-state index in [-0.39, 0.29) is 30.8 Å². The van der Waals surface area contributed by atoms with Gasteiger partial charge in [-0.3, -0.25) is 9.59 Å². The monoisotopic (exact) mass is 492 g/mol. The van der Waals surface area contributed by atoms with Gasteiger partial charge in [-0.05, 0) is 56.2 Å². The molecule has 11 heteroatoms. The fourth-order valence-corrected chi connectivity index (χ4v) is 5.25. The zero-order valence-corrected chi connectivity index (χ0v) is 19.3. The number of hydrogen-bond acceptors (Lipinski definition) is 7. The van der Waals surface area contributed by atoms with Crippen molar-refractivity contribution in [1.82, 2.24) is 4.31 Å². The topological polar surface area (TPSA) is 111 Å². The summed E-state index contributed by atoms with van der Waals surface area (Å²) in [6, 6.07) is 9.72. The molecule has 0 saturated carbocycles. The van der Waals surface area contributed by atoms with Gasteiger partial charge >= 0.3 is 5.97 Å². The summed E-state index contributed by atoms with van der Waals surface area (Å²) in [6.45, 7) is 2.50. The van der Waals surface area contributed by atoms with Gasteiger partial charge in [-0.1, -0.05) is 0 Å². The number of carbonyl (C=O) groups is 2. The van der Waals surface area contributed by atoms with Crippen LogP contribution in [0.3, 0.4) is 0 Å². The summed E-state index contributed by atoms with van der Waals surface area (Å²) in [7, 11) is -3.76. The van der Waals surface area contributed by atoms with Gasteiger partial charge in [0.1, 0.15) is 19.0 Å². The molecule has 1 atom stereocenters. The van der Waals surface area contributed by atoms with Gasteiger partial charge in [0.2, 0.25) is 10.0 Å². The number of nitrogens with zero attached hydrogens (tertiary/aromatic N) is 1. The molecule has 1 fully saturated rings. The predicted molar refractivity (Wildman–Crippen MR) is 119 cm³/mol. The molecule has 4 rings (SSSR count). The molecule has 0 bridgehead atoms. The van der Waals surface area contributed by atoms with Gasteiger partial charge in [-0.25, -0.2) is 12.8 Å². The molecule has 9 nitrogen and oxygen atoms in total. The molecule has 2 aromatic rings. The fourth-order valence-electron chi connectivity index (χ4n) is 3.77. The molecule has 34 heavy (non-hydrogen) atoms. The normalized spacial score (nSPS) is 17.6. The van der Waals surface area contributed by atoms with E-state index in [2.05, 4.69) is 5.32 Å². The Bertz CT molecular complexity index is 1160. The van der Waals surface area contributed by atoms with Crippen LogP contribution in [0, 0.1) is 11.7 Å². The van der Waals surface area contributed by atoms with Crippen LogP contribution in [0.4, 0.5) is 10.1 Å². The molecule has 0 aromatic heterocycles. The maximum absolute atomic E-state index is 13.0. The average Bonchev–Trinajstić information content (AvgIpc) is 2.85. The Hall–Kier alpha value is -3.18. The summed E-state index contributed by atoms with van der Waals surface area (Å²) < 4.78 is 56.6. The van der Waals surface area contributed by atoms with Crippen molar-refractivity contribution in [3.8, 4) is 11.5 Å². The van der Waals surface area contributed by atoms with Gasteiger partial charge in [0.25, 0.3) is 5.91 Å². The van der Waals surface area contributed by atoms with Gasteiger partial charge in [0, 0.05) is 24.8 Å². The molecule has 2 aliphatic heterocycles. The molecule has 2 aromatic carbocycles. The second kappa shape index (κ2) is 9.98. The number of fused-ring (bicyclic) bond motifs is 1. The van der Waals surface area contributed by atoms with Crippen LogP contribution < -0.4 is 14.8 Å². The number of benzene rings is 2. The maximum atomic E-state index is 13.0. The van der Waals surface area contributed by atoms with Gasteiger partial charge in [-0.2, -0.15) is 4.31 Å². The molecule has 0 radical (unpaired) electrons. The van der Waals surface area contributed by atoms with Crippen molar-refractivity contribution in [3.05, 3.63) is 48.3 Å². The Labute approximate surface area is 196 Å². The van der Waals surface area contributed by atoms with Crippen LogP contribution in [-0.2, 0) is 24.3 Å². The van der Waals surface area contributed by atoms with E-state index in [4.69, 9.17) is 14.2 Å². The first kappa shape index (κ1) is 24.0. The van der Waals surface area contributed by atoms with Crippen molar-refractivity contribution in [2.24, 2.45) is 5.92 Å². The number of sulfonamides is 1. The predicted octanol–water partition coefficient (Wildman–Crippen LogP) is 2.57. The number of nitrogens with one attached hydrogen (secondary N) is 1. The second-order valence-electron chi connectivity index (χ2n) is 8.06. The molecule has 2 aliphatic rings. The van der Waals surface area contributed by atoms with Gasteiger partial charge in [0.05, 0.1) is 10.8 Å². The van der Waals surface area contributed by atoms with E-state index >= 15 is 0 Å². The number of amides is 1. The molecule has 1 saturated heterocycles. The van der Waals surface area contributed by atoms with E-state index in [1.54, 1.807) is 6.07 Å². The SMILES string of the molecule is CC(OC(=O)C1CCN(S(=O)(=O)c2ccc3c(c2)OCCO3)CC1)C(=O)Nc1ccc(F)cc1. The molecule has 0 aliphatic carbocycles. The number of anilines is 1. The second-order valence-corrected chi connectivity index (χ2v) is 10.00. The summed E-state index contributed by atoms with van der Waals surface area (Å²) in [5, 5.41) is 2.55. The summed E-state index contributed by atoms with van der Waals surface area (Å²) in [4.78, 5) is 24.9. The van der Waals surface area contributed by atoms with E-state index in [9.17, 15) is 22.4 Å². The van der Waals surface area contributed by atoms with Crippen molar-refractivity contribution >= 4 is 27.6 Å². The average molecular weight is 493 g/mol. The number of halogens is 1. The standard InChI is InChI=1S/C23H25FN2O7S/c1-15(22(27)25-18-4-2-17(24)3-5-18)33-23(28)16-8-10-26(11-9-16)34(29,30)19-6-7-20-21(14-19)32-13-12-31-20/h2-7,14-16H,8-13H2,1H3,(H,25,27). The highest BCUT2D eigenvalue weighted by Crippen LogP contribution is 2.34. The third-order valence-corrected chi connectivity index (χ3v) is 7.61. The van der Waals surface area contributed by atoms with Crippen LogP contribution in [0.2, 0.25) is 0 Å². The first-order valence-electron chi connectivity index (χ1n) is 10.9. The highest BCUT2D eigenvalue weighted by molar-refractivity contribution is 7.89. The van der Waals surface area contributed by atoms with E-state index in [1.807, 2.05) is 0 Å². The number of ether oxygens (including phenoxy) is 3. The number of hydrogen-bond donors (Lipinski definition) is 1. The highest BCUT2D eigenvalue weighted by Gasteiger charge is 2.34. The summed E-state index contributed by atoms with van der Waals surface area (Å²) >= 11 is 0. The number of esters is 1. The van der Waals surface area contributed by atoms with Crippen molar-refractivity contribution in [3.63, 3.8) is 0 Å². The fraction of sp³-hybridized carbons (Fsp3) is 0.391. The summed E-state index contributed by atoms with van der Waals surface area (Å²) in [5.74, 6) is -1.16. The van der Waals surface area contributed by atoms with Crippen molar-refractivity contribution in [1.29, 1.82) is 0 Å². The molecule has 0 spiro atoms. The smallest absolute Gasteiger partial charge is 0.309 e. The first-order valence-corrected chi connectivity index (χ1v) is 12.3. The van der Waals surface area contributed by atoms with Crippen molar-refractivity contribution in [2.75, 3.05) is 31.6 Å². The number of carbonyl (C=O) groups excluding carboxylic acids is 2. The maximum Gasteiger partial charge on any atom is 0.309 e. The van der Waals surface area contributed by atoms with Crippen molar-refractivity contribution in [2.45, 2.75) is 30.8 Å². The minimum atomic E-state index is -3.76. The lowest BCUT2D eigenvalue weighted by atomic mass is 9.98. The largest absolute Gasteiger partial charge is 0.486 e. The van der Waals surface area contributed by atoms with Crippen LogP contribution in [0.1, 0.15) is 19.8 Å². The third-order valence-electron chi connectivity index (χ3n) is 5.71. The molecule has 1 amide bonds. The lowest BCUT2D eigenvalue weighted by Crippen LogP contribution is -2.41. The lowest BCUT2D eigenvalue weighted by Gasteiger charge is -2.30. The lowest BCUT2D eigenvalue weighted by molar-refractivity contribution is -0.158. The Balaban J connectivity index is 1.30. The quantitative estimate of drug-likeness (QED) is 0.617. The van der Waals surface area contributed by atoms with Gasteiger partial charge in [-0.15, -0.1) is 0 Å². The van der Waals surface area contributed by atoms with Gasteiger partial charge < -0.3 is 19.5 Å². The molecule has 182 valence electrons. The third kappa shape index (κ3) is 5.31. The van der Waals surface area contributed by atoms with Crippen LogP contribution in [0.25, 0.3) is 0 Å². The van der Waals surface area contributed by atoms with Gasteiger partial charge in [0.15, 0.2) is 17.6 Å². The van der Waals surface area contributed by atoms with Crippen LogP contribution in [-0.4, -0.2) is 57.0 Å².